The van der Waals surface area contributed by atoms with Crippen LogP contribution in [0.4, 0.5) is 5.69 Å². The molecule has 2 aliphatic heterocycles. The van der Waals surface area contributed by atoms with Crippen LogP contribution in [0.2, 0.25) is 5.02 Å². The molecule has 2 atom stereocenters. The fourth-order valence-corrected chi connectivity index (χ4v) is 3.63. The Morgan fingerprint density at radius 3 is 3.09 bits per heavy atom. The number of aliphatic hydroxyl groups is 1. The summed E-state index contributed by atoms with van der Waals surface area (Å²) in [6.45, 7) is 4.13. The summed E-state index contributed by atoms with van der Waals surface area (Å²) in [5.41, 5.74) is 0.878. The molecular formula is C17H23ClN2O3. The van der Waals surface area contributed by atoms with Gasteiger partial charge >= 0.3 is 0 Å². The van der Waals surface area contributed by atoms with Crippen molar-refractivity contribution in [1.29, 1.82) is 0 Å². The van der Waals surface area contributed by atoms with E-state index in [-0.39, 0.29) is 18.1 Å². The zero-order valence-electron chi connectivity index (χ0n) is 13.4. The van der Waals surface area contributed by atoms with Gasteiger partial charge in [0.05, 0.1) is 24.9 Å². The summed E-state index contributed by atoms with van der Waals surface area (Å²) in [7, 11) is 0. The number of ether oxygens (including phenoxy) is 1. The van der Waals surface area contributed by atoms with Crippen molar-refractivity contribution in [2.24, 2.45) is 0 Å². The molecule has 0 unspecified atom stereocenters. The van der Waals surface area contributed by atoms with E-state index in [9.17, 15) is 9.90 Å². The van der Waals surface area contributed by atoms with Crippen LogP contribution in [0.1, 0.15) is 26.2 Å². The molecule has 2 heterocycles. The number of hydrogen-bond acceptors (Lipinski definition) is 4. The van der Waals surface area contributed by atoms with Crippen LogP contribution >= 0.6 is 11.6 Å². The van der Waals surface area contributed by atoms with E-state index in [1.165, 1.54) is 0 Å². The molecule has 0 aliphatic carbocycles. The maximum absolute atomic E-state index is 12.7. The van der Waals surface area contributed by atoms with Crippen molar-refractivity contribution in [3.63, 3.8) is 0 Å². The molecule has 3 rings (SSSR count). The Morgan fingerprint density at radius 2 is 2.30 bits per heavy atom. The number of aliphatic hydroxyl groups excluding tert-OH is 1. The average molecular weight is 339 g/mol. The van der Waals surface area contributed by atoms with Gasteiger partial charge in [-0.15, -0.1) is 0 Å². The minimum absolute atomic E-state index is 0.112. The van der Waals surface area contributed by atoms with Crippen LogP contribution in [-0.4, -0.2) is 54.3 Å². The van der Waals surface area contributed by atoms with Gasteiger partial charge in [0, 0.05) is 17.6 Å². The molecule has 1 fully saturated rings. The van der Waals surface area contributed by atoms with Gasteiger partial charge in [-0.2, -0.15) is 0 Å². The molecule has 5 nitrogen and oxygen atoms in total. The van der Waals surface area contributed by atoms with Gasteiger partial charge in [-0.3, -0.25) is 4.79 Å². The third-order valence-electron chi connectivity index (χ3n) is 4.52. The molecule has 6 heteroatoms. The minimum atomic E-state index is -0.378. The minimum Gasteiger partial charge on any atom is -0.490 e. The maximum Gasteiger partial charge on any atom is 0.242 e. The summed E-state index contributed by atoms with van der Waals surface area (Å²) >= 11 is 6.08. The summed E-state index contributed by atoms with van der Waals surface area (Å²) in [6, 6.07) is 5.65. The lowest BCUT2D eigenvalue weighted by atomic mass is 10.1. The van der Waals surface area contributed by atoms with Crippen molar-refractivity contribution in [1.82, 2.24) is 4.90 Å². The molecule has 1 N–H and O–H groups in total. The van der Waals surface area contributed by atoms with Gasteiger partial charge in [0.1, 0.15) is 12.4 Å². The van der Waals surface area contributed by atoms with Gasteiger partial charge in [-0.25, -0.2) is 0 Å². The highest BCUT2D eigenvalue weighted by Gasteiger charge is 2.31. The fraction of sp³-hybridized carbons (Fsp3) is 0.588. The van der Waals surface area contributed by atoms with Gasteiger partial charge < -0.3 is 19.6 Å². The van der Waals surface area contributed by atoms with Crippen molar-refractivity contribution in [3.05, 3.63) is 23.2 Å². The number of amides is 1. The van der Waals surface area contributed by atoms with Crippen molar-refractivity contribution >= 4 is 23.2 Å². The molecule has 1 amide bonds. The van der Waals surface area contributed by atoms with E-state index in [1.807, 2.05) is 21.9 Å². The second kappa shape index (κ2) is 6.97. The van der Waals surface area contributed by atoms with Crippen LogP contribution in [0.3, 0.4) is 0 Å². The van der Waals surface area contributed by atoms with E-state index < -0.39 is 0 Å². The van der Waals surface area contributed by atoms with Crippen LogP contribution in [0.15, 0.2) is 18.2 Å². The van der Waals surface area contributed by atoms with Gasteiger partial charge in [0.25, 0.3) is 0 Å². The lowest BCUT2D eigenvalue weighted by Gasteiger charge is -2.33. The second-order valence-corrected chi connectivity index (χ2v) is 6.79. The predicted octanol–water partition coefficient (Wildman–Crippen LogP) is 2.30. The number of carbonyl (C=O) groups is 1. The number of halogens is 1. The first-order valence-electron chi connectivity index (χ1n) is 8.19. The summed E-state index contributed by atoms with van der Waals surface area (Å²) in [4.78, 5) is 16.7. The van der Waals surface area contributed by atoms with Crippen LogP contribution in [0.25, 0.3) is 0 Å². The molecular weight excluding hydrogens is 316 g/mol. The molecule has 0 radical (unpaired) electrons. The van der Waals surface area contributed by atoms with Crippen molar-refractivity contribution in [2.45, 2.75) is 38.3 Å². The SMILES string of the molecule is C[C@@H](O)C[C@@H]1CCCN1C(=O)CN1CCOc2ccc(Cl)cc21. The normalized spacial score (nSPS) is 21.8. The van der Waals surface area contributed by atoms with E-state index in [4.69, 9.17) is 16.3 Å². The molecule has 23 heavy (non-hydrogen) atoms. The number of rotatable bonds is 4. The molecule has 0 spiro atoms. The smallest absolute Gasteiger partial charge is 0.242 e. The van der Waals surface area contributed by atoms with Gasteiger partial charge in [0.2, 0.25) is 5.91 Å². The van der Waals surface area contributed by atoms with Gasteiger partial charge in [-0.1, -0.05) is 11.6 Å². The number of nitrogens with zero attached hydrogens (tertiary/aromatic N) is 2. The van der Waals surface area contributed by atoms with Crippen molar-refractivity contribution < 1.29 is 14.6 Å². The number of fused-ring (bicyclic) bond motifs is 1. The zero-order valence-corrected chi connectivity index (χ0v) is 14.1. The van der Waals surface area contributed by atoms with Crippen LogP contribution in [-0.2, 0) is 4.79 Å². The lowest BCUT2D eigenvalue weighted by Crippen LogP contribution is -2.45. The molecule has 0 aromatic heterocycles. The van der Waals surface area contributed by atoms with Gasteiger partial charge in [0.15, 0.2) is 0 Å². The summed E-state index contributed by atoms with van der Waals surface area (Å²) in [6.07, 6.45) is 2.25. The molecule has 0 saturated carbocycles. The highest BCUT2D eigenvalue weighted by Crippen LogP contribution is 2.34. The summed E-state index contributed by atoms with van der Waals surface area (Å²) in [5.74, 6) is 0.886. The van der Waals surface area contributed by atoms with E-state index in [2.05, 4.69) is 0 Å². The van der Waals surface area contributed by atoms with E-state index in [0.717, 1.165) is 30.8 Å². The Kier molecular flexibility index (Phi) is 4.97. The highest BCUT2D eigenvalue weighted by molar-refractivity contribution is 6.31. The molecule has 1 aromatic carbocycles. The highest BCUT2D eigenvalue weighted by atomic mass is 35.5. The molecule has 1 aromatic rings. The average Bonchev–Trinajstić information content (AvgIpc) is 2.95. The Labute approximate surface area is 141 Å². The predicted molar refractivity (Wildman–Crippen MR) is 90.2 cm³/mol. The molecule has 1 saturated heterocycles. The fourth-order valence-electron chi connectivity index (χ4n) is 3.47. The van der Waals surface area contributed by atoms with Crippen LogP contribution in [0, 0.1) is 0 Å². The van der Waals surface area contributed by atoms with Crippen molar-refractivity contribution in [2.75, 3.05) is 31.1 Å². The zero-order chi connectivity index (χ0) is 16.4. The first kappa shape index (κ1) is 16.4. The van der Waals surface area contributed by atoms with Gasteiger partial charge in [-0.05, 0) is 44.4 Å². The first-order chi connectivity index (χ1) is 11.0. The van der Waals surface area contributed by atoms with Crippen LogP contribution in [0.5, 0.6) is 5.75 Å². The number of likely N-dealkylation sites (tertiary alicyclic amines) is 1. The summed E-state index contributed by atoms with van der Waals surface area (Å²) in [5, 5.41) is 10.3. The third-order valence-corrected chi connectivity index (χ3v) is 4.75. The van der Waals surface area contributed by atoms with E-state index in [0.29, 0.717) is 31.1 Å². The maximum atomic E-state index is 12.7. The second-order valence-electron chi connectivity index (χ2n) is 6.35. The Bertz CT molecular complexity index is 579. The molecule has 126 valence electrons. The number of anilines is 1. The number of carbonyl (C=O) groups excluding carboxylic acids is 1. The number of benzene rings is 1. The third kappa shape index (κ3) is 3.72. The van der Waals surface area contributed by atoms with Crippen molar-refractivity contribution in [3.8, 4) is 5.75 Å². The van der Waals surface area contributed by atoms with E-state index in [1.54, 1.807) is 13.0 Å². The quantitative estimate of drug-likeness (QED) is 0.915. The lowest BCUT2D eigenvalue weighted by molar-refractivity contribution is -0.131. The Hall–Kier alpha value is -1.46. The monoisotopic (exact) mass is 338 g/mol. The standard InChI is InChI=1S/C17H23ClN2O3/c1-12(21)9-14-3-2-6-20(14)17(22)11-19-7-8-23-16-5-4-13(18)10-15(16)19/h4-5,10,12,14,21H,2-3,6-9,11H2,1H3/t12-,14+/m1/s1. The van der Waals surface area contributed by atoms with Crippen LogP contribution < -0.4 is 9.64 Å². The Morgan fingerprint density at radius 1 is 1.48 bits per heavy atom. The van der Waals surface area contributed by atoms with E-state index >= 15 is 0 Å². The first-order valence-corrected chi connectivity index (χ1v) is 8.57. The molecule has 2 aliphatic rings. The summed E-state index contributed by atoms with van der Waals surface area (Å²) < 4.78 is 5.63. The molecule has 0 bridgehead atoms. The largest absolute Gasteiger partial charge is 0.490 e. The Balaban J connectivity index is 1.70. The number of hydrogen-bond donors (Lipinski definition) is 1. The topological polar surface area (TPSA) is 53.0 Å².